The fourth-order valence-corrected chi connectivity index (χ4v) is 8.92. The molecule has 1 aromatic heterocycles. The summed E-state index contributed by atoms with van der Waals surface area (Å²) >= 11 is 0. The van der Waals surface area contributed by atoms with Crippen LogP contribution in [0.15, 0.2) is 65.7 Å². The van der Waals surface area contributed by atoms with Gasteiger partial charge in [-0.2, -0.15) is 4.90 Å². The van der Waals surface area contributed by atoms with Crippen LogP contribution in [-0.4, -0.2) is 59.0 Å². The molecule has 0 radical (unpaired) electrons. The van der Waals surface area contributed by atoms with E-state index in [0.29, 0.717) is 58.2 Å². The number of sulfone groups is 1. The molecule has 1 atom stereocenters. The Kier molecular flexibility index (Phi) is 12.6. The Morgan fingerprint density at radius 2 is 1.50 bits per heavy atom. The molecule has 0 spiro atoms. The van der Waals surface area contributed by atoms with Crippen molar-refractivity contribution in [2.75, 3.05) is 15.5 Å². The highest BCUT2D eigenvalue weighted by Crippen LogP contribution is 2.43. The lowest BCUT2D eigenvalue weighted by Gasteiger charge is -2.28. The lowest BCUT2D eigenvalue weighted by atomic mass is 9.94. The lowest BCUT2D eigenvalue weighted by Crippen LogP contribution is -2.44. The zero-order valence-electron chi connectivity index (χ0n) is 35.1. The number of carboxylic acid groups (broad SMARTS) is 1. The van der Waals surface area contributed by atoms with Crippen LogP contribution in [0, 0.1) is 5.82 Å². The van der Waals surface area contributed by atoms with E-state index in [1.165, 1.54) is 18.2 Å². The molecule has 2 fully saturated rings. The van der Waals surface area contributed by atoms with Crippen molar-refractivity contribution >= 4 is 61.9 Å². The Labute approximate surface area is 350 Å². The fourth-order valence-electron chi connectivity index (χ4n) is 7.02. The van der Waals surface area contributed by atoms with E-state index in [1.807, 2.05) is 13.0 Å². The van der Waals surface area contributed by atoms with Crippen molar-refractivity contribution in [1.29, 1.82) is 0 Å². The third-order valence-corrected chi connectivity index (χ3v) is 12.4. The lowest BCUT2D eigenvalue weighted by molar-refractivity contribution is -0.138. The van der Waals surface area contributed by atoms with E-state index in [0.717, 1.165) is 36.6 Å². The first-order chi connectivity index (χ1) is 28.1. The van der Waals surface area contributed by atoms with Gasteiger partial charge in [-0.05, 0) is 145 Å². The van der Waals surface area contributed by atoms with Gasteiger partial charge in [-0.15, -0.1) is 0 Å². The van der Waals surface area contributed by atoms with Crippen LogP contribution in [0.4, 0.5) is 31.2 Å². The first-order valence-electron chi connectivity index (χ1n) is 20.3. The van der Waals surface area contributed by atoms with Gasteiger partial charge in [-0.25, -0.2) is 32.2 Å². The van der Waals surface area contributed by atoms with Crippen LogP contribution in [-0.2, 0) is 41.7 Å². The van der Waals surface area contributed by atoms with E-state index >= 15 is 4.39 Å². The molecule has 15 heteroatoms. The van der Waals surface area contributed by atoms with Gasteiger partial charge < -0.3 is 25.2 Å². The molecule has 2 aliphatic carbocycles. The van der Waals surface area contributed by atoms with E-state index in [2.05, 4.69) is 15.6 Å². The van der Waals surface area contributed by atoms with Gasteiger partial charge in [0.15, 0.2) is 21.7 Å². The second kappa shape index (κ2) is 17.2. The van der Waals surface area contributed by atoms with Gasteiger partial charge >= 0.3 is 18.2 Å². The molecule has 320 valence electrons. The van der Waals surface area contributed by atoms with Crippen molar-refractivity contribution in [3.8, 4) is 0 Å². The summed E-state index contributed by atoms with van der Waals surface area (Å²) in [5.74, 6) is -2.18. The zero-order chi connectivity index (χ0) is 43.7. The van der Waals surface area contributed by atoms with Crippen molar-refractivity contribution in [2.24, 2.45) is 0 Å². The molecular formula is C45H53FN4O9S. The van der Waals surface area contributed by atoms with Gasteiger partial charge in [-0.3, -0.25) is 4.79 Å². The molecule has 3 aromatic carbocycles. The second-order valence-electron chi connectivity index (χ2n) is 17.5. The molecule has 13 nitrogen and oxygen atoms in total. The van der Waals surface area contributed by atoms with Crippen molar-refractivity contribution in [3.05, 3.63) is 88.9 Å². The molecule has 0 saturated heterocycles. The highest BCUT2D eigenvalue weighted by Gasteiger charge is 2.38. The molecule has 2 aliphatic rings. The Morgan fingerprint density at radius 3 is 2.08 bits per heavy atom. The number of anilines is 3. The number of fused-ring (bicyclic) bond motifs is 1. The molecule has 3 amide bonds. The van der Waals surface area contributed by atoms with Gasteiger partial charge in [0.1, 0.15) is 17.0 Å². The largest absolute Gasteiger partial charge is 0.479 e. The quantitative estimate of drug-likeness (QED) is 0.110. The number of hydrogen-bond donors (Lipinski definition) is 3. The smallest absolute Gasteiger partial charge is 0.425 e. The highest BCUT2D eigenvalue weighted by molar-refractivity contribution is 7.92. The number of carbonyl (C=O) groups excluding carboxylic acids is 3. The second-order valence-corrected chi connectivity index (χ2v) is 19.7. The van der Waals surface area contributed by atoms with Crippen LogP contribution in [0.5, 0.6) is 0 Å². The summed E-state index contributed by atoms with van der Waals surface area (Å²) in [6, 6.07) is 13.4. The van der Waals surface area contributed by atoms with Gasteiger partial charge in [0.25, 0.3) is 0 Å². The molecule has 6 rings (SSSR count). The summed E-state index contributed by atoms with van der Waals surface area (Å²) in [4.78, 5) is 57.9. The van der Waals surface area contributed by atoms with Crippen LogP contribution in [0.3, 0.4) is 0 Å². The van der Waals surface area contributed by atoms with Gasteiger partial charge in [-0.1, -0.05) is 31.5 Å². The van der Waals surface area contributed by atoms with Crippen LogP contribution >= 0.6 is 0 Å². The number of rotatable bonds is 14. The molecule has 60 heavy (non-hydrogen) atoms. The zero-order valence-corrected chi connectivity index (χ0v) is 35.9. The number of ether oxygens (including phenoxy) is 2. The van der Waals surface area contributed by atoms with E-state index in [-0.39, 0.29) is 39.9 Å². The summed E-state index contributed by atoms with van der Waals surface area (Å²) in [5, 5.41) is 16.0. The maximum absolute atomic E-state index is 15.5. The molecule has 0 bridgehead atoms. The van der Waals surface area contributed by atoms with E-state index in [4.69, 9.17) is 9.47 Å². The van der Waals surface area contributed by atoms with Gasteiger partial charge in [0.05, 0.1) is 16.3 Å². The molecular weight excluding hydrogens is 792 g/mol. The Hall–Kier alpha value is -5.57. The van der Waals surface area contributed by atoms with E-state index in [1.54, 1.807) is 71.9 Å². The molecule has 1 heterocycles. The van der Waals surface area contributed by atoms with Crippen LogP contribution in [0.1, 0.15) is 121 Å². The Morgan fingerprint density at radius 1 is 0.850 bits per heavy atom. The number of hydrogen-bond acceptors (Lipinski definition) is 10. The van der Waals surface area contributed by atoms with Crippen molar-refractivity contribution in [3.63, 3.8) is 0 Å². The number of nitrogens with one attached hydrogen (secondary N) is 2. The monoisotopic (exact) mass is 844 g/mol. The standard InChI is InChI=1S/C45H53FN4O9S/c1-8-9-28-23-30(15-20-37(28)60(56,57)32-16-17-32)48-38(51)21-13-27-22-29(12-18-33(27)26-10-11-26)39(41(52)53)49-31-14-19-34-35(24-31)36(46)25-47-40(34)50(42(54)58-44(2,3)4)43(55)59-45(5,6)7/h12,14-15,18-20,22-26,32,39,49H,8-11,13,16-17,21H2,1-7H3,(H,48,51)(H,52,53). The van der Waals surface area contributed by atoms with Crippen molar-refractivity contribution in [1.82, 2.24) is 4.98 Å². The highest BCUT2D eigenvalue weighted by atomic mass is 32.2. The normalized spacial score (nSPS) is 14.9. The summed E-state index contributed by atoms with van der Waals surface area (Å²) < 4.78 is 52.5. The topological polar surface area (TPSA) is 181 Å². The molecule has 0 aliphatic heterocycles. The number of aromatic nitrogens is 1. The third kappa shape index (κ3) is 10.6. The van der Waals surface area contributed by atoms with Gasteiger partial charge in [0, 0.05) is 28.6 Å². The number of nitrogens with zero attached hydrogens (tertiary/aromatic N) is 2. The Balaban J connectivity index is 1.23. The molecule has 1 unspecified atom stereocenters. The number of halogens is 1. The minimum absolute atomic E-state index is 0.0527. The predicted molar refractivity (Wildman–Crippen MR) is 227 cm³/mol. The number of carboxylic acids is 1. The summed E-state index contributed by atoms with van der Waals surface area (Å²) in [6.07, 6.45) is 3.73. The van der Waals surface area contributed by atoms with Crippen LogP contribution < -0.4 is 15.5 Å². The first-order valence-corrected chi connectivity index (χ1v) is 21.8. The SMILES string of the molecule is CCCc1cc(NC(=O)CCc2cc(C(Nc3ccc4c(N(C(=O)OC(C)(C)C)C(=O)OC(C)(C)C)ncc(F)c4c3)C(=O)O)ccc2C2CC2)ccc1S(=O)(=O)C1CC1. The van der Waals surface area contributed by atoms with E-state index in [9.17, 15) is 32.7 Å². The average molecular weight is 845 g/mol. The average Bonchev–Trinajstić information content (AvgIpc) is 4.07. The fraction of sp³-hybridized carbons (Fsp3) is 0.444. The number of pyridine rings is 1. The Bertz CT molecular complexity index is 2410. The third-order valence-electron chi connectivity index (χ3n) is 10.0. The summed E-state index contributed by atoms with van der Waals surface area (Å²) in [6.45, 7) is 11.7. The first kappa shape index (κ1) is 44.0. The molecule has 4 aromatic rings. The van der Waals surface area contributed by atoms with Crippen molar-refractivity contribution < 1.29 is 46.6 Å². The predicted octanol–water partition coefficient (Wildman–Crippen LogP) is 9.63. The molecule has 2 saturated carbocycles. The molecule has 3 N–H and O–H groups in total. The minimum Gasteiger partial charge on any atom is -0.479 e. The van der Waals surface area contributed by atoms with Crippen LogP contribution in [0.25, 0.3) is 10.8 Å². The van der Waals surface area contributed by atoms with E-state index < -0.39 is 51.1 Å². The minimum atomic E-state index is -3.40. The number of aryl methyl sites for hydroxylation is 2. The number of imide groups is 1. The maximum atomic E-state index is 15.5. The number of benzene rings is 3. The van der Waals surface area contributed by atoms with Gasteiger partial charge in [0.2, 0.25) is 5.91 Å². The van der Waals surface area contributed by atoms with Crippen LogP contribution in [0.2, 0.25) is 0 Å². The summed E-state index contributed by atoms with van der Waals surface area (Å²) in [5.41, 5.74) is 1.74. The number of carbonyl (C=O) groups is 4. The number of amides is 3. The summed E-state index contributed by atoms with van der Waals surface area (Å²) in [7, 11) is -3.40. The number of aliphatic carboxylic acids is 1. The maximum Gasteiger partial charge on any atom is 0.425 e. The van der Waals surface area contributed by atoms with Crippen molar-refractivity contribution in [2.45, 2.75) is 133 Å².